The number of rotatable bonds is 29. The first kappa shape index (κ1) is 46.4. The first-order valence-electron chi connectivity index (χ1n) is 19.5. The molecule has 7 nitrogen and oxygen atoms in total. The van der Waals surface area contributed by atoms with E-state index >= 15 is 0 Å². The van der Waals surface area contributed by atoms with E-state index in [1.807, 2.05) is 24.3 Å². The van der Waals surface area contributed by atoms with E-state index in [0.717, 1.165) is 24.3 Å². The Hall–Kier alpha value is -1.80. The maximum atomic E-state index is 14.1. The van der Waals surface area contributed by atoms with Crippen molar-refractivity contribution in [1.29, 1.82) is 0 Å². The molecule has 3 aromatic carbocycles. The molecule has 3 rings (SSSR count). The zero-order valence-electron chi connectivity index (χ0n) is 32.2. The van der Waals surface area contributed by atoms with Crippen LogP contribution in [0.1, 0.15) is 128 Å². The average molecular weight is 765 g/mol. The number of ether oxygens (including phenoxy) is 2. The summed E-state index contributed by atoms with van der Waals surface area (Å²) in [7, 11) is -7.78. The van der Waals surface area contributed by atoms with Gasteiger partial charge in [-0.15, -0.1) is 0 Å². The predicted octanol–water partition coefficient (Wildman–Crippen LogP) is 8.78. The number of hydrogen-bond acceptors (Lipinski definition) is 7. The van der Waals surface area contributed by atoms with E-state index in [9.17, 15) is 17.5 Å². The zero-order chi connectivity index (χ0) is 36.6. The van der Waals surface area contributed by atoms with E-state index in [1.165, 1.54) is 125 Å². The van der Waals surface area contributed by atoms with Crippen LogP contribution in [0, 0.1) is 0 Å². The Bertz CT molecular complexity index is 1420. The van der Waals surface area contributed by atoms with Gasteiger partial charge in [0.25, 0.3) is 0 Å². The number of hydrogen-bond donors (Lipinski definition) is 0. The van der Waals surface area contributed by atoms with Crippen molar-refractivity contribution in [2.75, 3.05) is 25.5 Å². The van der Waals surface area contributed by atoms with Crippen molar-refractivity contribution in [3.63, 3.8) is 0 Å². The molecule has 0 fully saturated rings. The molecule has 0 bridgehead atoms. The maximum absolute atomic E-state index is 14.1. The van der Waals surface area contributed by atoms with Gasteiger partial charge in [-0.2, -0.15) is 0 Å². The summed E-state index contributed by atoms with van der Waals surface area (Å²) in [6.07, 6.45) is 21.9. The second kappa shape index (κ2) is 26.9. The summed E-state index contributed by atoms with van der Waals surface area (Å²) in [6, 6.07) is 21.6. The van der Waals surface area contributed by atoms with Crippen LogP contribution in [0.3, 0.4) is 0 Å². The quantitative estimate of drug-likeness (QED) is 0.0302. The molecule has 0 amide bonds. The molecule has 3 aromatic rings. The molecule has 52 heavy (non-hydrogen) atoms. The molecule has 0 saturated carbocycles. The Labute approximate surface area is 337 Å². The predicted molar refractivity (Wildman–Crippen MR) is 209 cm³/mol. The fraction of sp³-hybridized carbons (Fsp3) is 0.571. The molecule has 0 aliphatic rings. The minimum atomic E-state index is -4.59. The molecule has 0 spiro atoms. The maximum Gasteiger partial charge on any atom is 1.00 e. The van der Waals surface area contributed by atoms with Gasteiger partial charge in [0.1, 0.15) is 27.4 Å². The van der Waals surface area contributed by atoms with Gasteiger partial charge in [0.2, 0.25) is 7.37 Å². The molecule has 0 saturated heterocycles. The fourth-order valence-electron chi connectivity index (χ4n) is 6.13. The molecule has 0 heterocycles. The molecular weight excluding hydrogens is 702 g/mol. The van der Waals surface area contributed by atoms with Crippen LogP contribution in [0.5, 0.6) is 17.2 Å². The van der Waals surface area contributed by atoms with Crippen molar-refractivity contribution < 1.29 is 61.1 Å². The summed E-state index contributed by atoms with van der Waals surface area (Å²) in [4.78, 5) is -0.353. The molecule has 0 aromatic heterocycles. The monoisotopic (exact) mass is 764 g/mol. The summed E-state index contributed by atoms with van der Waals surface area (Å²) in [5.41, 5.74) is 2.62. The molecule has 0 unspecified atom stereocenters. The van der Waals surface area contributed by atoms with Crippen molar-refractivity contribution in [1.82, 2.24) is 0 Å². The summed E-state index contributed by atoms with van der Waals surface area (Å²) in [6.45, 7) is 5.27. The zero-order valence-corrected chi connectivity index (χ0v) is 35.9. The normalized spacial score (nSPS) is 11.6. The van der Waals surface area contributed by atoms with Crippen LogP contribution >= 0.6 is 7.37 Å². The summed E-state index contributed by atoms with van der Waals surface area (Å²) < 4.78 is 66.1. The Morgan fingerprint density at radius 2 is 0.885 bits per heavy atom. The molecule has 0 atom stereocenters. The number of aryl methyl sites for hydroxylation is 2. The van der Waals surface area contributed by atoms with Gasteiger partial charge >= 0.3 is 29.6 Å². The summed E-state index contributed by atoms with van der Waals surface area (Å²) in [5, 5.41) is 0. The van der Waals surface area contributed by atoms with Crippen molar-refractivity contribution in [3.05, 3.63) is 83.9 Å². The van der Waals surface area contributed by atoms with Gasteiger partial charge in [0, 0.05) is 12.3 Å². The molecule has 0 aliphatic heterocycles. The van der Waals surface area contributed by atoms with Crippen LogP contribution in [0.4, 0.5) is 0 Å². The SMILES string of the molecule is CCCCCCCCCc1ccc(OCCCP(=O)(CCCOc2ccc(CCCCCCCCC)cc2)Oc2ccc(S(=O)(=O)[O-])cc2)cc1.[Na+]. The molecule has 284 valence electrons. The van der Waals surface area contributed by atoms with Gasteiger partial charge in [-0.3, -0.25) is 4.57 Å². The van der Waals surface area contributed by atoms with Gasteiger partial charge in [-0.05, 0) is 98.2 Å². The Kier molecular flexibility index (Phi) is 24.0. The second-order valence-electron chi connectivity index (χ2n) is 13.7. The molecule has 0 N–H and O–H groups in total. The molecule has 10 heteroatoms. The van der Waals surface area contributed by atoms with E-state index < -0.39 is 17.5 Å². The number of benzene rings is 3. The van der Waals surface area contributed by atoms with E-state index in [1.54, 1.807) is 0 Å². The van der Waals surface area contributed by atoms with Crippen LogP contribution in [0.25, 0.3) is 0 Å². The molecular formula is C42H62NaO7PS. The van der Waals surface area contributed by atoms with Gasteiger partial charge < -0.3 is 18.6 Å². The van der Waals surface area contributed by atoms with Gasteiger partial charge in [-0.1, -0.05) is 115 Å². The third-order valence-corrected chi connectivity index (χ3v) is 12.6. The van der Waals surface area contributed by atoms with Crippen molar-refractivity contribution in [3.8, 4) is 17.2 Å². The standard InChI is InChI=1S/C42H63O7PS.Na/c1-3-5-7-9-11-13-15-19-37-21-25-39(26-22-37)47-33-17-35-50(43,49-41-29-31-42(32-30-41)51(44,45)46)36-18-34-48-40-27-23-38(24-28-40)20-16-14-12-10-8-6-4-2;/h21-32H,3-20,33-36H2,1-2H3,(H,44,45,46);/q;+1/p-1. The minimum absolute atomic E-state index is 0. The summed E-state index contributed by atoms with van der Waals surface area (Å²) in [5.74, 6) is 1.83. The largest absolute Gasteiger partial charge is 1.00 e. The van der Waals surface area contributed by atoms with E-state index in [2.05, 4.69) is 38.1 Å². The smallest absolute Gasteiger partial charge is 0.744 e. The minimum Gasteiger partial charge on any atom is -0.744 e. The van der Waals surface area contributed by atoms with Crippen molar-refractivity contribution >= 4 is 17.5 Å². The Balaban J connectivity index is 0.00000936. The average Bonchev–Trinajstić information content (AvgIpc) is 3.12. The Morgan fingerprint density at radius 1 is 0.519 bits per heavy atom. The molecule has 0 aliphatic carbocycles. The molecule has 0 radical (unpaired) electrons. The van der Waals surface area contributed by atoms with Crippen molar-refractivity contribution in [2.45, 2.75) is 134 Å². The first-order valence-corrected chi connectivity index (χ1v) is 22.9. The van der Waals surface area contributed by atoms with E-state index in [-0.39, 0.29) is 52.5 Å². The van der Waals surface area contributed by atoms with E-state index in [0.29, 0.717) is 26.1 Å². The fourth-order valence-corrected chi connectivity index (χ4v) is 8.73. The van der Waals surface area contributed by atoms with Crippen molar-refractivity contribution in [2.24, 2.45) is 0 Å². The van der Waals surface area contributed by atoms with E-state index in [4.69, 9.17) is 14.0 Å². The van der Waals surface area contributed by atoms with Gasteiger partial charge in [0.15, 0.2) is 0 Å². The van der Waals surface area contributed by atoms with Crippen LogP contribution in [-0.4, -0.2) is 38.5 Å². The number of unbranched alkanes of at least 4 members (excludes halogenated alkanes) is 12. The van der Waals surface area contributed by atoms with Gasteiger partial charge in [0.05, 0.1) is 18.1 Å². The van der Waals surface area contributed by atoms with Crippen LogP contribution in [-0.2, 0) is 27.5 Å². The first-order chi connectivity index (χ1) is 24.7. The third kappa shape index (κ3) is 20.0. The third-order valence-electron chi connectivity index (χ3n) is 9.19. The topological polar surface area (TPSA) is 102 Å². The van der Waals surface area contributed by atoms with Crippen LogP contribution in [0.15, 0.2) is 77.7 Å². The Morgan fingerprint density at radius 3 is 1.27 bits per heavy atom. The van der Waals surface area contributed by atoms with Crippen LogP contribution in [0.2, 0.25) is 0 Å². The van der Waals surface area contributed by atoms with Crippen LogP contribution < -0.4 is 43.6 Å². The summed E-state index contributed by atoms with van der Waals surface area (Å²) >= 11 is 0. The van der Waals surface area contributed by atoms with Gasteiger partial charge in [-0.25, -0.2) is 8.42 Å². The second-order valence-corrected chi connectivity index (χ2v) is 17.8.